The first-order valence-electron chi connectivity index (χ1n) is 9.69. The third-order valence-corrected chi connectivity index (χ3v) is 5.70. The van der Waals surface area contributed by atoms with Crippen molar-refractivity contribution in [2.24, 2.45) is 5.92 Å². The average molecular weight is 417 g/mol. The fraction of sp³-hybridized carbons (Fsp3) is 0.684. The number of carbonyl (C=O) groups is 1. The Morgan fingerprint density at radius 2 is 1.97 bits per heavy atom. The maximum Gasteiger partial charge on any atom is 0.417 e. The van der Waals surface area contributed by atoms with Crippen molar-refractivity contribution in [3.8, 4) is 5.88 Å². The molecule has 2 aliphatic rings. The molecule has 1 aliphatic carbocycles. The molecule has 1 amide bonds. The predicted molar refractivity (Wildman–Crippen MR) is 97.1 cm³/mol. The fourth-order valence-electron chi connectivity index (χ4n) is 3.94. The molecular formula is C19H26F3N3O4. The third-order valence-electron chi connectivity index (χ3n) is 5.70. The van der Waals surface area contributed by atoms with Gasteiger partial charge in [0.25, 0.3) is 0 Å². The van der Waals surface area contributed by atoms with E-state index in [1.165, 1.54) is 0 Å². The molecule has 7 nitrogen and oxygen atoms in total. The molecule has 0 bridgehead atoms. The van der Waals surface area contributed by atoms with E-state index in [-0.39, 0.29) is 36.4 Å². The number of rotatable bonds is 5. The van der Waals surface area contributed by atoms with Gasteiger partial charge in [0.1, 0.15) is 0 Å². The van der Waals surface area contributed by atoms with Gasteiger partial charge in [-0.1, -0.05) is 0 Å². The summed E-state index contributed by atoms with van der Waals surface area (Å²) in [4.78, 5) is 16.8. The van der Waals surface area contributed by atoms with E-state index < -0.39 is 23.9 Å². The fourth-order valence-corrected chi connectivity index (χ4v) is 3.94. The van der Waals surface area contributed by atoms with Crippen LogP contribution in [0.4, 0.5) is 13.2 Å². The van der Waals surface area contributed by atoms with E-state index in [9.17, 15) is 28.2 Å². The molecule has 0 unspecified atom stereocenters. The number of alkyl halides is 3. The Kier molecular flexibility index (Phi) is 6.65. The van der Waals surface area contributed by atoms with Crippen LogP contribution in [0, 0.1) is 5.92 Å². The lowest BCUT2D eigenvalue weighted by Gasteiger charge is -2.34. The van der Waals surface area contributed by atoms with Crippen molar-refractivity contribution >= 4 is 5.91 Å². The second-order valence-electron chi connectivity index (χ2n) is 7.72. The standard InChI is InChI=1S/C19H26F3N3O4/c1-11(26)25-6-4-14(5-7-25)24-15-8-12(17(27)18(15)28)10-29-16-3-2-13(9-23-16)19(20,21)22/h2-3,9,12,14-15,17-18,24,27-28H,4-8,10H2,1H3/t12-,15-,17-,18+/m1/s1. The molecule has 3 rings (SSSR count). The molecule has 3 N–H and O–H groups in total. The zero-order chi connectivity index (χ0) is 21.2. The Morgan fingerprint density at radius 1 is 1.28 bits per heavy atom. The van der Waals surface area contributed by atoms with Crippen LogP contribution in [-0.2, 0) is 11.0 Å². The lowest BCUT2D eigenvalue weighted by molar-refractivity contribution is -0.137. The Balaban J connectivity index is 1.49. The molecule has 4 atom stereocenters. The summed E-state index contributed by atoms with van der Waals surface area (Å²) < 4.78 is 43.2. The van der Waals surface area contributed by atoms with Gasteiger partial charge in [-0.3, -0.25) is 4.79 Å². The van der Waals surface area contributed by atoms with Crippen LogP contribution in [0.3, 0.4) is 0 Å². The summed E-state index contributed by atoms with van der Waals surface area (Å²) in [6.07, 6.45) is -3.71. The number of pyridine rings is 1. The number of nitrogens with one attached hydrogen (secondary N) is 1. The molecule has 0 aromatic carbocycles. The number of piperidine rings is 1. The first-order chi connectivity index (χ1) is 13.6. The highest BCUT2D eigenvalue weighted by molar-refractivity contribution is 5.73. The normalized spacial score (nSPS) is 28.6. The number of aliphatic hydroxyl groups is 2. The number of amides is 1. The molecule has 1 aromatic heterocycles. The minimum atomic E-state index is -4.46. The number of aliphatic hydroxyl groups excluding tert-OH is 2. The number of carbonyl (C=O) groups excluding carboxylic acids is 1. The van der Waals surface area contributed by atoms with Crippen LogP contribution < -0.4 is 10.1 Å². The smallest absolute Gasteiger partial charge is 0.417 e. The van der Waals surface area contributed by atoms with Gasteiger partial charge in [0.15, 0.2) is 0 Å². The van der Waals surface area contributed by atoms with Gasteiger partial charge >= 0.3 is 6.18 Å². The Bertz CT molecular complexity index is 693. The Labute approximate surface area is 166 Å². The van der Waals surface area contributed by atoms with Crippen LogP contribution in [0.2, 0.25) is 0 Å². The second kappa shape index (κ2) is 8.85. The summed E-state index contributed by atoms with van der Waals surface area (Å²) in [5.41, 5.74) is -0.860. The van der Waals surface area contributed by atoms with Gasteiger partial charge in [-0.15, -0.1) is 0 Å². The number of halogens is 3. The highest BCUT2D eigenvalue weighted by Gasteiger charge is 2.42. The van der Waals surface area contributed by atoms with Crippen LogP contribution >= 0.6 is 0 Å². The summed E-state index contributed by atoms with van der Waals surface area (Å²) in [6, 6.07) is 1.86. The number of likely N-dealkylation sites (tertiary alicyclic amines) is 1. The van der Waals surface area contributed by atoms with Crippen molar-refractivity contribution in [1.29, 1.82) is 0 Å². The minimum Gasteiger partial charge on any atom is -0.477 e. The molecule has 2 fully saturated rings. The molecule has 1 aromatic rings. The van der Waals surface area contributed by atoms with Crippen molar-refractivity contribution in [3.63, 3.8) is 0 Å². The third kappa shape index (κ3) is 5.37. The highest BCUT2D eigenvalue weighted by Crippen LogP contribution is 2.31. The van der Waals surface area contributed by atoms with Crippen LogP contribution in [0.15, 0.2) is 18.3 Å². The molecule has 1 saturated heterocycles. The summed E-state index contributed by atoms with van der Waals surface area (Å²) >= 11 is 0. The summed E-state index contributed by atoms with van der Waals surface area (Å²) in [7, 11) is 0. The number of ether oxygens (including phenoxy) is 1. The average Bonchev–Trinajstić information content (AvgIpc) is 2.94. The topological polar surface area (TPSA) is 94.9 Å². The van der Waals surface area contributed by atoms with Gasteiger partial charge in [0, 0.05) is 50.3 Å². The molecule has 0 radical (unpaired) electrons. The highest BCUT2D eigenvalue weighted by atomic mass is 19.4. The van der Waals surface area contributed by atoms with Gasteiger partial charge in [-0.05, 0) is 25.3 Å². The Morgan fingerprint density at radius 3 is 2.52 bits per heavy atom. The zero-order valence-corrected chi connectivity index (χ0v) is 16.1. The lowest BCUT2D eigenvalue weighted by Crippen LogP contribution is -2.50. The predicted octanol–water partition coefficient (Wildman–Crippen LogP) is 1.19. The molecule has 2 heterocycles. The van der Waals surface area contributed by atoms with Crippen LogP contribution in [0.25, 0.3) is 0 Å². The first-order valence-corrected chi connectivity index (χ1v) is 9.69. The minimum absolute atomic E-state index is 0.0349. The van der Waals surface area contributed by atoms with E-state index in [1.54, 1.807) is 11.8 Å². The number of nitrogens with zero attached hydrogens (tertiary/aromatic N) is 2. The van der Waals surface area contributed by atoms with E-state index in [0.29, 0.717) is 25.7 Å². The monoisotopic (exact) mass is 417 g/mol. The van der Waals surface area contributed by atoms with Crippen molar-refractivity contribution in [2.45, 2.75) is 56.7 Å². The maximum absolute atomic E-state index is 12.6. The molecule has 10 heteroatoms. The quantitative estimate of drug-likeness (QED) is 0.666. The van der Waals surface area contributed by atoms with Gasteiger partial charge in [0.2, 0.25) is 11.8 Å². The SMILES string of the molecule is CC(=O)N1CCC(N[C@@H]2C[C@H](COc3ccc(C(F)(F)F)cn3)[C@@H](O)[C@H]2O)CC1. The number of hydrogen-bond donors (Lipinski definition) is 3. The summed E-state index contributed by atoms with van der Waals surface area (Å²) in [5, 5.41) is 24.0. The van der Waals surface area contributed by atoms with E-state index in [1.807, 2.05) is 0 Å². The molecule has 1 aliphatic heterocycles. The number of hydrogen-bond acceptors (Lipinski definition) is 6. The Hall–Kier alpha value is -1.91. The van der Waals surface area contributed by atoms with Crippen molar-refractivity contribution in [2.75, 3.05) is 19.7 Å². The maximum atomic E-state index is 12.6. The largest absolute Gasteiger partial charge is 0.477 e. The van der Waals surface area contributed by atoms with Crippen molar-refractivity contribution < 1.29 is 32.9 Å². The summed E-state index contributed by atoms with van der Waals surface area (Å²) in [6.45, 7) is 2.90. The van der Waals surface area contributed by atoms with Gasteiger partial charge < -0.3 is 25.2 Å². The molecule has 1 saturated carbocycles. The summed E-state index contributed by atoms with van der Waals surface area (Å²) in [5.74, 6) is -0.287. The van der Waals surface area contributed by atoms with E-state index in [2.05, 4.69) is 10.3 Å². The van der Waals surface area contributed by atoms with Crippen LogP contribution in [-0.4, -0.2) is 70.0 Å². The zero-order valence-electron chi connectivity index (χ0n) is 16.1. The van der Waals surface area contributed by atoms with Crippen LogP contribution in [0.5, 0.6) is 5.88 Å². The number of aromatic nitrogens is 1. The van der Waals surface area contributed by atoms with Crippen molar-refractivity contribution in [3.05, 3.63) is 23.9 Å². The van der Waals surface area contributed by atoms with E-state index >= 15 is 0 Å². The first kappa shape index (κ1) is 21.8. The van der Waals surface area contributed by atoms with Crippen molar-refractivity contribution in [1.82, 2.24) is 15.2 Å². The van der Waals surface area contributed by atoms with E-state index in [0.717, 1.165) is 25.0 Å². The van der Waals surface area contributed by atoms with Gasteiger partial charge in [-0.25, -0.2) is 4.98 Å². The lowest BCUT2D eigenvalue weighted by atomic mass is 10.0. The van der Waals surface area contributed by atoms with E-state index in [4.69, 9.17) is 4.74 Å². The second-order valence-corrected chi connectivity index (χ2v) is 7.72. The molecular weight excluding hydrogens is 391 g/mol. The van der Waals surface area contributed by atoms with Crippen LogP contribution in [0.1, 0.15) is 31.7 Å². The van der Waals surface area contributed by atoms with Gasteiger partial charge in [0.05, 0.1) is 24.4 Å². The van der Waals surface area contributed by atoms with Gasteiger partial charge in [-0.2, -0.15) is 13.2 Å². The molecule has 29 heavy (non-hydrogen) atoms. The molecule has 0 spiro atoms. The molecule has 162 valence electrons.